The summed E-state index contributed by atoms with van der Waals surface area (Å²) in [5.74, 6) is -1.56. The number of phosphoric ester groups is 1. The van der Waals surface area contributed by atoms with Gasteiger partial charge in [-0.3, -0.25) is 19.4 Å². The van der Waals surface area contributed by atoms with E-state index in [0.717, 1.165) is 12.1 Å². The Bertz CT molecular complexity index is 1740. The molecule has 3 aromatic rings. The van der Waals surface area contributed by atoms with E-state index in [9.17, 15) is 27.0 Å². The third kappa shape index (κ3) is 15.3. The van der Waals surface area contributed by atoms with Crippen LogP contribution < -0.4 is 24.8 Å². The van der Waals surface area contributed by atoms with Crippen molar-refractivity contribution in [2.45, 2.75) is 43.2 Å². The maximum Gasteiger partial charge on any atom is 0.524 e. The number of phosphoric acid groups is 1. The van der Waals surface area contributed by atoms with Gasteiger partial charge in [0.1, 0.15) is 5.75 Å². The zero-order chi connectivity index (χ0) is 37.3. The molecule has 0 heterocycles. The predicted octanol–water partition coefficient (Wildman–Crippen LogP) is 4.83. The lowest BCUT2D eigenvalue weighted by atomic mass is 10.1. The minimum Gasteiger partial charge on any atom is -0.404 e. The van der Waals surface area contributed by atoms with Crippen molar-refractivity contribution in [2.24, 2.45) is 10.2 Å². The molecular weight excluding hydrogens is 706 g/mol. The molecule has 0 saturated heterocycles. The molecule has 3 rings (SSSR count). The first kappa shape index (κ1) is 41.2. The summed E-state index contributed by atoms with van der Waals surface area (Å²) in [5, 5.41) is 13.6. The molecule has 0 fully saturated rings. The summed E-state index contributed by atoms with van der Waals surface area (Å²) in [6.45, 7) is 0.874. The monoisotopic (exact) mass is 750 g/mol. The Morgan fingerprint density at radius 3 is 2.04 bits per heavy atom. The van der Waals surface area contributed by atoms with E-state index in [0.29, 0.717) is 37.2 Å². The van der Waals surface area contributed by atoms with E-state index in [4.69, 9.17) is 14.5 Å². The van der Waals surface area contributed by atoms with Crippen LogP contribution in [0.1, 0.15) is 43.8 Å². The molecule has 0 bridgehead atoms. The average Bonchev–Trinajstić information content (AvgIpc) is 3.09. The quantitative estimate of drug-likeness (QED) is 0.0537. The largest absolute Gasteiger partial charge is 0.524 e. The van der Waals surface area contributed by atoms with Crippen LogP contribution in [0, 0.1) is 0 Å². The Morgan fingerprint density at radius 2 is 1.43 bits per heavy atom. The van der Waals surface area contributed by atoms with Crippen LogP contribution in [-0.2, 0) is 28.9 Å². The standard InChI is InChI=1S/C33H44FN6O9PS/c1-40(2)27-15-11-25(12-16-27)38-39-26-13-17-28(18-14-26)51(46,47)37-22-24-48-23-19-31(41)35-20-7-3-4-8-21-36-33(42)32(34)29-9-5-6-10-30(29)49-50(43,44)45/h5-6,9-18,32,37H,3-4,7-8,19-24H2,1-2H3,(H,35,41)(H,36,42)(H2,43,44,45). The number of alkyl halides is 1. The Balaban J connectivity index is 1.21. The van der Waals surface area contributed by atoms with Crippen molar-refractivity contribution in [3.63, 3.8) is 0 Å². The molecule has 51 heavy (non-hydrogen) atoms. The fourth-order valence-electron chi connectivity index (χ4n) is 4.49. The van der Waals surface area contributed by atoms with Crippen LogP contribution in [0.3, 0.4) is 0 Å². The van der Waals surface area contributed by atoms with Crippen LogP contribution in [0.4, 0.5) is 21.5 Å². The third-order valence-electron chi connectivity index (χ3n) is 7.17. The summed E-state index contributed by atoms with van der Waals surface area (Å²) in [6.07, 6.45) is 0.670. The normalized spacial score (nSPS) is 12.4. The van der Waals surface area contributed by atoms with E-state index in [1.54, 1.807) is 12.1 Å². The number of rotatable bonds is 22. The number of sulfonamides is 1. The molecule has 0 aliphatic carbocycles. The molecule has 0 radical (unpaired) electrons. The first-order valence-electron chi connectivity index (χ1n) is 16.1. The number of nitrogens with one attached hydrogen (secondary N) is 3. The van der Waals surface area contributed by atoms with Gasteiger partial charge in [-0.1, -0.05) is 31.0 Å². The summed E-state index contributed by atoms with van der Waals surface area (Å²) in [7, 11) is -4.80. The van der Waals surface area contributed by atoms with Gasteiger partial charge >= 0.3 is 7.82 Å². The lowest BCUT2D eigenvalue weighted by Crippen LogP contribution is -2.29. The van der Waals surface area contributed by atoms with Crippen molar-refractivity contribution >= 4 is 46.7 Å². The van der Waals surface area contributed by atoms with Gasteiger partial charge in [-0.15, -0.1) is 0 Å². The molecule has 0 aliphatic rings. The SMILES string of the molecule is CN(C)c1ccc(N=Nc2ccc(S(=O)(=O)NCCOCCC(=O)NCCCCCCNC(=O)C(F)c3ccccc3OP(=O)(O)O)cc2)cc1. The number of ether oxygens (including phenoxy) is 1. The Morgan fingerprint density at radius 1 is 0.843 bits per heavy atom. The topological polar surface area (TPSA) is 208 Å². The number of amides is 2. The van der Waals surface area contributed by atoms with Crippen molar-refractivity contribution < 1.29 is 46.0 Å². The van der Waals surface area contributed by atoms with Crippen LogP contribution in [-0.4, -0.2) is 77.0 Å². The molecule has 15 nitrogen and oxygen atoms in total. The summed E-state index contributed by atoms with van der Waals surface area (Å²) >= 11 is 0. The van der Waals surface area contributed by atoms with E-state index >= 15 is 0 Å². The number of azo groups is 1. The van der Waals surface area contributed by atoms with Gasteiger partial charge in [0.2, 0.25) is 22.1 Å². The lowest BCUT2D eigenvalue weighted by Gasteiger charge is -2.15. The lowest BCUT2D eigenvalue weighted by molar-refractivity contribution is -0.126. The van der Waals surface area contributed by atoms with Crippen molar-refractivity contribution in [1.29, 1.82) is 0 Å². The molecule has 2 amide bonds. The van der Waals surface area contributed by atoms with Crippen molar-refractivity contribution in [1.82, 2.24) is 15.4 Å². The average molecular weight is 751 g/mol. The third-order valence-corrected chi connectivity index (χ3v) is 9.08. The van der Waals surface area contributed by atoms with Gasteiger partial charge in [0.25, 0.3) is 5.91 Å². The molecule has 18 heteroatoms. The first-order chi connectivity index (χ1) is 24.2. The van der Waals surface area contributed by atoms with Crippen LogP contribution in [0.2, 0.25) is 0 Å². The van der Waals surface area contributed by atoms with Gasteiger partial charge in [0, 0.05) is 51.4 Å². The fourth-order valence-corrected chi connectivity index (χ4v) is 5.92. The number of halogens is 1. The number of benzene rings is 3. The van der Waals surface area contributed by atoms with E-state index < -0.39 is 35.7 Å². The number of hydrogen-bond acceptors (Lipinski definition) is 10. The minimum absolute atomic E-state index is 0.0269. The van der Waals surface area contributed by atoms with Crippen LogP contribution >= 0.6 is 7.82 Å². The number of carbonyl (C=O) groups excluding carboxylic acids is 2. The summed E-state index contributed by atoms with van der Waals surface area (Å²) < 4.78 is 63.3. The molecule has 0 aliphatic heterocycles. The number of nitrogens with zero attached hydrogens (tertiary/aromatic N) is 3. The fraction of sp³-hybridized carbons (Fsp3) is 0.394. The second kappa shape index (κ2) is 20.6. The Kier molecular flexibility index (Phi) is 16.6. The van der Waals surface area contributed by atoms with Crippen LogP contribution in [0.15, 0.2) is 87.9 Å². The molecular formula is C33H44FN6O9PS. The maximum absolute atomic E-state index is 14.6. The smallest absolute Gasteiger partial charge is 0.404 e. The van der Waals surface area contributed by atoms with E-state index in [-0.39, 0.29) is 49.1 Å². The van der Waals surface area contributed by atoms with Crippen molar-refractivity contribution in [3.8, 4) is 5.75 Å². The van der Waals surface area contributed by atoms with Gasteiger partial charge in [-0.25, -0.2) is 22.1 Å². The number of anilines is 1. The molecule has 1 unspecified atom stereocenters. The maximum atomic E-state index is 14.6. The minimum atomic E-state index is -4.92. The number of unbranched alkanes of at least 4 members (excludes halogenated alkanes) is 3. The highest BCUT2D eigenvalue weighted by Gasteiger charge is 2.26. The highest BCUT2D eigenvalue weighted by molar-refractivity contribution is 7.89. The van der Waals surface area contributed by atoms with E-state index in [1.165, 1.54) is 36.4 Å². The zero-order valence-electron chi connectivity index (χ0n) is 28.4. The van der Waals surface area contributed by atoms with Gasteiger partial charge in [0.05, 0.1) is 29.5 Å². The first-order valence-corrected chi connectivity index (χ1v) is 19.2. The summed E-state index contributed by atoms with van der Waals surface area (Å²) in [6, 6.07) is 18.7. The summed E-state index contributed by atoms with van der Waals surface area (Å²) in [4.78, 5) is 44.2. The predicted molar refractivity (Wildman–Crippen MR) is 189 cm³/mol. The zero-order valence-corrected chi connectivity index (χ0v) is 30.1. The molecule has 0 saturated carbocycles. The molecule has 5 N–H and O–H groups in total. The van der Waals surface area contributed by atoms with Gasteiger partial charge in [-0.05, 0) is 67.4 Å². The van der Waals surface area contributed by atoms with Crippen molar-refractivity contribution in [3.05, 3.63) is 78.4 Å². The highest BCUT2D eigenvalue weighted by atomic mass is 32.2. The molecule has 278 valence electrons. The Hall–Kier alpha value is -4.25. The van der Waals surface area contributed by atoms with Crippen LogP contribution in [0.5, 0.6) is 5.75 Å². The number of para-hydroxylation sites is 1. The number of carbonyl (C=O) groups is 2. The van der Waals surface area contributed by atoms with Gasteiger partial charge in [-0.2, -0.15) is 10.2 Å². The molecule has 0 aromatic heterocycles. The summed E-state index contributed by atoms with van der Waals surface area (Å²) in [5.41, 5.74) is 1.92. The second-order valence-corrected chi connectivity index (χ2v) is 14.3. The Labute approximate surface area is 296 Å². The second-order valence-electron chi connectivity index (χ2n) is 11.4. The molecule has 1 atom stereocenters. The van der Waals surface area contributed by atoms with Crippen molar-refractivity contribution in [2.75, 3.05) is 51.8 Å². The van der Waals surface area contributed by atoms with E-state index in [1.807, 2.05) is 43.3 Å². The van der Waals surface area contributed by atoms with Gasteiger partial charge < -0.3 is 24.8 Å². The number of hydrogen-bond donors (Lipinski definition) is 5. The highest BCUT2D eigenvalue weighted by Crippen LogP contribution is 2.41. The molecule has 3 aromatic carbocycles. The van der Waals surface area contributed by atoms with Gasteiger partial charge in [0.15, 0.2) is 0 Å². The van der Waals surface area contributed by atoms with E-state index in [2.05, 4.69) is 30.1 Å². The molecule has 0 spiro atoms. The van der Waals surface area contributed by atoms with Crippen LogP contribution in [0.25, 0.3) is 0 Å².